The number of hydrogen-bond donors (Lipinski definition) is 2. The van der Waals surface area contributed by atoms with Gasteiger partial charge in [-0.05, 0) is 30.8 Å². The van der Waals surface area contributed by atoms with Gasteiger partial charge >= 0.3 is 6.03 Å². The summed E-state index contributed by atoms with van der Waals surface area (Å²) in [7, 11) is 1.91. The van der Waals surface area contributed by atoms with E-state index in [1.165, 1.54) is 0 Å². The Morgan fingerprint density at radius 2 is 2.04 bits per heavy atom. The summed E-state index contributed by atoms with van der Waals surface area (Å²) in [4.78, 5) is 16.4. The van der Waals surface area contributed by atoms with Gasteiger partial charge in [0.2, 0.25) is 0 Å². The number of halogens is 2. The average molecular weight is 359 g/mol. The van der Waals surface area contributed by atoms with E-state index in [1.54, 1.807) is 4.90 Å². The van der Waals surface area contributed by atoms with Gasteiger partial charge in [0.1, 0.15) is 11.6 Å². The number of anilines is 2. The number of carbonyl (C=O) groups excluding carboxylic acids is 1. The summed E-state index contributed by atoms with van der Waals surface area (Å²) in [6.45, 7) is 0.462. The quantitative estimate of drug-likeness (QED) is 0.867. The minimum absolute atomic E-state index is 0.0204. The van der Waals surface area contributed by atoms with Gasteiger partial charge < -0.3 is 10.4 Å². The van der Waals surface area contributed by atoms with Crippen LogP contribution in [0.15, 0.2) is 42.5 Å². The van der Waals surface area contributed by atoms with E-state index in [0.717, 1.165) is 29.4 Å². The summed E-state index contributed by atoms with van der Waals surface area (Å²) < 4.78 is 27.2. The standard InChI is InChI=1S/C19H19F2N3O2/c1-23-16-9-24(19(26)22-14-8-11(20)6-7-13(14)21)15-5-3-2-4-12(15)18(16)17(23)10-25/h2-8,16-18,25H,9-10H2,1H3,(H,22,26)/t16-,17-,18+/m1/s1. The van der Waals surface area contributed by atoms with Gasteiger partial charge in [0.25, 0.3) is 0 Å². The molecule has 2 aliphatic heterocycles. The van der Waals surface area contributed by atoms with E-state index in [1.807, 2.05) is 36.2 Å². The van der Waals surface area contributed by atoms with Crippen molar-refractivity contribution in [2.75, 3.05) is 30.4 Å². The molecular formula is C19H19F2N3O2. The first-order valence-corrected chi connectivity index (χ1v) is 8.46. The number of urea groups is 1. The molecule has 5 nitrogen and oxygen atoms in total. The fourth-order valence-electron chi connectivity index (χ4n) is 4.08. The normalized spacial score (nSPS) is 24.5. The van der Waals surface area contributed by atoms with Gasteiger partial charge in [0.15, 0.2) is 0 Å². The van der Waals surface area contributed by atoms with Gasteiger partial charge in [-0.25, -0.2) is 13.6 Å². The molecule has 2 amide bonds. The molecule has 0 unspecified atom stereocenters. The molecule has 0 aliphatic carbocycles. The van der Waals surface area contributed by atoms with E-state index < -0.39 is 17.7 Å². The lowest BCUT2D eigenvalue weighted by Gasteiger charge is -2.57. The molecule has 0 bridgehead atoms. The molecule has 1 fully saturated rings. The van der Waals surface area contributed by atoms with Gasteiger partial charge in [-0.1, -0.05) is 18.2 Å². The Morgan fingerprint density at radius 3 is 2.81 bits per heavy atom. The van der Waals surface area contributed by atoms with Crippen molar-refractivity contribution in [2.45, 2.75) is 18.0 Å². The number of para-hydroxylation sites is 1. The topological polar surface area (TPSA) is 55.8 Å². The predicted molar refractivity (Wildman–Crippen MR) is 94.3 cm³/mol. The van der Waals surface area contributed by atoms with Crippen LogP contribution in [0.25, 0.3) is 0 Å². The first kappa shape index (κ1) is 16.9. The number of amides is 2. The van der Waals surface area contributed by atoms with Crippen LogP contribution >= 0.6 is 0 Å². The molecule has 0 spiro atoms. The number of benzene rings is 2. The monoisotopic (exact) mass is 359 g/mol. The van der Waals surface area contributed by atoms with Crippen LogP contribution < -0.4 is 10.2 Å². The van der Waals surface area contributed by atoms with Crippen molar-refractivity contribution < 1.29 is 18.7 Å². The number of likely N-dealkylation sites (tertiary alicyclic amines) is 1. The zero-order chi connectivity index (χ0) is 18.4. The number of carbonyl (C=O) groups is 1. The smallest absolute Gasteiger partial charge is 0.326 e. The highest BCUT2D eigenvalue weighted by molar-refractivity contribution is 6.03. The van der Waals surface area contributed by atoms with E-state index >= 15 is 0 Å². The molecule has 26 heavy (non-hydrogen) atoms. The highest BCUT2D eigenvalue weighted by Crippen LogP contribution is 2.47. The molecule has 0 saturated carbocycles. The van der Waals surface area contributed by atoms with E-state index in [9.17, 15) is 18.7 Å². The van der Waals surface area contributed by atoms with Crippen molar-refractivity contribution in [1.82, 2.24) is 4.90 Å². The highest BCUT2D eigenvalue weighted by Gasteiger charge is 2.51. The lowest BCUT2D eigenvalue weighted by molar-refractivity contribution is -0.0202. The number of nitrogens with one attached hydrogen (secondary N) is 1. The van der Waals surface area contributed by atoms with Gasteiger partial charge in [-0.2, -0.15) is 0 Å². The van der Waals surface area contributed by atoms with Crippen molar-refractivity contribution in [2.24, 2.45) is 0 Å². The van der Waals surface area contributed by atoms with Gasteiger partial charge in [-0.15, -0.1) is 0 Å². The third-order valence-corrected chi connectivity index (χ3v) is 5.43. The number of fused-ring (bicyclic) bond motifs is 3. The number of aliphatic hydroxyl groups excluding tert-OH is 1. The minimum Gasteiger partial charge on any atom is -0.395 e. The molecule has 2 aromatic carbocycles. The Hall–Kier alpha value is -2.51. The Balaban J connectivity index is 1.65. The van der Waals surface area contributed by atoms with Crippen LogP contribution in [0, 0.1) is 11.6 Å². The van der Waals surface area contributed by atoms with Crippen molar-refractivity contribution in [3.63, 3.8) is 0 Å². The van der Waals surface area contributed by atoms with Crippen LogP contribution in [-0.2, 0) is 0 Å². The van der Waals surface area contributed by atoms with E-state index in [-0.39, 0.29) is 30.3 Å². The molecule has 7 heteroatoms. The summed E-state index contributed by atoms with van der Waals surface area (Å²) in [5, 5.41) is 12.1. The van der Waals surface area contributed by atoms with Crippen molar-refractivity contribution in [3.8, 4) is 0 Å². The predicted octanol–water partition coefficient (Wildman–Crippen LogP) is 2.78. The number of likely N-dealkylation sites (N-methyl/N-ethyl adjacent to an activating group) is 1. The Labute approximate surface area is 149 Å². The zero-order valence-electron chi connectivity index (χ0n) is 14.2. The summed E-state index contributed by atoms with van der Waals surface area (Å²) in [5.74, 6) is -1.16. The summed E-state index contributed by atoms with van der Waals surface area (Å²) >= 11 is 0. The fourth-order valence-corrected chi connectivity index (χ4v) is 4.08. The molecule has 1 saturated heterocycles. The number of hydrogen-bond acceptors (Lipinski definition) is 3. The SMILES string of the molecule is CN1[C@H](CO)[C@H]2c3ccccc3N(C(=O)Nc3cc(F)ccc3F)C[C@H]21. The second-order valence-corrected chi connectivity index (χ2v) is 6.73. The average Bonchev–Trinajstić information content (AvgIpc) is 2.64. The Bertz CT molecular complexity index is 860. The molecule has 2 N–H and O–H groups in total. The van der Waals surface area contributed by atoms with Crippen molar-refractivity contribution in [3.05, 3.63) is 59.7 Å². The zero-order valence-corrected chi connectivity index (χ0v) is 14.2. The summed E-state index contributed by atoms with van der Waals surface area (Å²) in [5.41, 5.74) is 1.52. The van der Waals surface area contributed by atoms with E-state index in [0.29, 0.717) is 6.54 Å². The first-order valence-electron chi connectivity index (χ1n) is 8.46. The molecule has 0 aromatic heterocycles. The second kappa shape index (κ2) is 6.34. The van der Waals surface area contributed by atoms with Crippen LogP contribution in [0.4, 0.5) is 25.0 Å². The van der Waals surface area contributed by atoms with Crippen molar-refractivity contribution >= 4 is 17.4 Å². The van der Waals surface area contributed by atoms with Crippen LogP contribution in [0.5, 0.6) is 0 Å². The molecule has 2 aliphatic rings. The maximum absolute atomic E-state index is 13.9. The van der Waals surface area contributed by atoms with E-state index in [2.05, 4.69) is 5.32 Å². The number of nitrogens with zero attached hydrogens (tertiary/aromatic N) is 2. The third kappa shape index (κ3) is 2.55. The fraction of sp³-hybridized carbons (Fsp3) is 0.316. The van der Waals surface area contributed by atoms with E-state index in [4.69, 9.17) is 0 Å². The lowest BCUT2D eigenvalue weighted by atomic mass is 9.72. The van der Waals surface area contributed by atoms with Gasteiger partial charge in [0, 0.05) is 36.3 Å². The number of aliphatic hydroxyl groups is 1. The van der Waals surface area contributed by atoms with Crippen LogP contribution in [0.3, 0.4) is 0 Å². The maximum atomic E-state index is 13.9. The molecule has 2 heterocycles. The third-order valence-electron chi connectivity index (χ3n) is 5.43. The van der Waals surface area contributed by atoms with Gasteiger partial charge in [-0.3, -0.25) is 9.80 Å². The van der Waals surface area contributed by atoms with Gasteiger partial charge in [0.05, 0.1) is 12.3 Å². The summed E-state index contributed by atoms with van der Waals surface area (Å²) in [6, 6.07) is 10.0. The molecule has 4 rings (SSSR count). The Kier molecular flexibility index (Phi) is 4.13. The lowest BCUT2D eigenvalue weighted by Crippen LogP contribution is -2.68. The maximum Gasteiger partial charge on any atom is 0.326 e. The molecule has 3 atom stereocenters. The van der Waals surface area contributed by atoms with Crippen LogP contribution in [0.1, 0.15) is 11.5 Å². The number of rotatable bonds is 2. The molecule has 136 valence electrons. The molecular weight excluding hydrogens is 340 g/mol. The minimum atomic E-state index is -0.691. The first-order chi connectivity index (χ1) is 12.5. The molecule has 0 radical (unpaired) electrons. The highest BCUT2D eigenvalue weighted by atomic mass is 19.1. The largest absolute Gasteiger partial charge is 0.395 e. The summed E-state index contributed by atoms with van der Waals surface area (Å²) in [6.07, 6.45) is 0. The second-order valence-electron chi connectivity index (χ2n) is 6.73. The van der Waals surface area contributed by atoms with Crippen molar-refractivity contribution in [1.29, 1.82) is 0 Å². The molecule has 2 aromatic rings. The Morgan fingerprint density at radius 1 is 1.27 bits per heavy atom. The van der Waals surface area contributed by atoms with Crippen LogP contribution in [0.2, 0.25) is 0 Å². The van der Waals surface area contributed by atoms with Crippen LogP contribution in [-0.4, -0.2) is 48.3 Å².